The zero-order valence-electron chi connectivity index (χ0n) is 10.9. The van der Waals surface area contributed by atoms with Crippen LogP contribution in [-0.4, -0.2) is 22.6 Å². The summed E-state index contributed by atoms with van der Waals surface area (Å²) in [6.07, 6.45) is 4.68. The van der Waals surface area contributed by atoms with Gasteiger partial charge in [-0.25, -0.2) is 4.79 Å². The van der Waals surface area contributed by atoms with Crippen molar-refractivity contribution in [2.24, 2.45) is 11.7 Å². The molecule has 3 rings (SSSR count). The lowest BCUT2D eigenvalue weighted by molar-refractivity contribution is 0.339. The van der Waals surface area contributed by atoms with Crippen molar-refractivity contribution in [2.45, 2.75) is 31.7 Å². The summed E-state index contributed by atoms with van der Waals surface area (Å²) in [5.74, 6) is 0.709. The summed E-state index contributed by atoms with van der Waals surface area (Å²) in [6.45, 7) is 0.979. The maximum atomic E-state index is 11.2. The molecule has 1 aromatic carbocycles. The molecule has 0 bridgehead atoms. The molecule has 0 unspecified atom stereocenters. The molecule has 1 fully saturated rings. The minimum atomic E-state index is -0.159. The summed E-state index contributed by atoms with van der Waals surface area (Å²) < 4.78 is 0. The highest BCUT2D eigenvalue weighted by Gasteiger charge is 2.18. The van der Waals surface area contributed by atoms with Crippen LogP contribution in [-0.2, 0) is 0 Å². The van der Waals surface area contributed by atoms with Crippen LogP contribution in [0.1, 0.15) is 25.7 Å². The molecule has 1 saturated carbocycles. The average molecular weight is 260 g/mol. The third-order valence-electron chi connectivity index (χ3n) is 4.00. The molecule has 0 spiro atoms. The molecule has 19 heavy (non-hydrogen) atoms. The molecule has 1 aliphatic carbocycles. The summed E-state index contributed by atoms with van der Waals surface area (Å²) in [4.78, 5) is 16.7. The standard InChI is InChI=1S/C14H20N4O/c15-10-3-1-9(2-4-10)8-16-11-5-6-12-13(7-11)18-14(19)17-12/h5-7,9-10,16H,1-4,8,15H2,(H2,17,18,19). The van der Waals surface area contributed by atoms with Crippen LogP contribution in [0.4, 0.5) is 5.69 Å². The minimum absolute atomic E-state index is 0.159. The first-order valence-electron chi connectivity index (χ1n) is 6.92. The predicted molar refractivity (Wildman–Crippen MR) is 77.3 cm³/mol. The Bertz CT molecular complexity index is 607. The number of nitrogens with one attached hydrogen (secondary N) is 3. The second kappa shape index (κ2) is 5.09. The Morgan fingerprint density at radius 2 is 1.89 bits per heavy atom. The third-order valence-corrected chi connectivity index (χ3v) is 4.00. The Labute approximate surface area is 111 Å². The van der Waals surface area contributed by atoms with E-state index in [9.17, 15) is 4.79 Å². The second-order valence-corrected chi connectivity index (χ2v) is 5.50. The number of aromatic amines is 2. The Balaban J connectivity index is 1.63. The number of H-pyrrole nitrogens is 2. The van der Waals surface area contributed by atoms with Gasteiger partial charge in [-0.15, -0.1) is 0 Å². The molecule has 0 amide bonds. The maximum Gasteiger partial charge on any atom is 0.323 e. The van der Waals surface area contributed by atoms with Gasteiger partial charge < -0.3 is 21.0 Å². The third kappa shape index (κ3) is 2.81. The number of anilines is 1. The summed E-state index contributed by atoms with van der Waals surface area (Å²) in [5.41, 5.74) is 8.50. The molecule has 1 aromatic heterocycles. The largest absolute Gasteiger partial charge is 0.385 e. The highest BCUT2D eigenvalue weighted by molar-refractivity contribution is 5.78. The van der Waals surface area contributed by atoms with E-state index >= 15 is 0 Å². The number of rotatable bonds is 3. The summed E-state index contributed by atoms with van der Waals surface area (Å²) in [7, 11) is 0. The van der Waals surface area contributed by atoms with E-state index in [2.05, 4.69) is 15.3 Å². The Morgan fingerprint density at radius 1 is 1.16 bits per heavy atom. The van der Waals surface area contributed by atoms with Crippen LogP contribution >= 0.6 is 0 Å². The van der Waals surface area contributed by atoms with Gasteiger partial charge in [0.1, 0.15) is 0 Å². The van der Waals surface area contributed by atoms with Crippen LogP contribution in [0.2, 0.25) is 0 Å². The quantitative estimate of drug-likeness (QED) is 0.678. The van der Waals surface area contributed by atoms with Crippen molar-refractivity contribution in [1.29, 1.82) is 0 Å². The lowest BCUT2D eigenvalue weighted by Gasteiger charge is -2.26. The van der Waals surface area contributed by atoms with Gasteiger partial charge in [0.05, 0.1) is 11.0 Å². The molecule has 5 N–H and O–H groups in total. The molecule has 5 nitrogen and oxygen atoms in total. The molecule has 2 aromatic rings. The molecule has 0 aliphatic heterocycles. The van der Waals surface area contributed by atoms with Crippen LogP contribution in [0.3, 0.4) is 0 Å². The number of imidazole rings is 1. The fraction of sp³-hybridized carbons (Fsp3) is 0.500. The minimum Gasteiger partial charge on any atom is -0.385 e. The van der Waals surface area contributed by atoms with Crippen molar-refractivity contribution >= 4 is 16.7 Å². The van der Waals surface area contributed by atoms with Gasteiger partial charge in [0, 0.05) is 18.3 Å². The molecular formula is C14H20N4O. The predicted octanol–water partition coefficient (Wildman–Crippen LogP) is 1.79. The normalized spacial score (nSPS) is 23.6. The maximum absolute atomic E-state index is 11.2. The Hall–Kier alpha value is -1.75. The number of hydrogen-bond donors (Lipinski definition) is 4. The van der Waals surface area contributed by atoms with Gasteiger partial charge >= 0.3 is 5.69 Å². The van der Waals surface area contributed by atoms with E-state index in [1.165, 1.54) is 12.8 Å². The molecule has 0 atom stereocenters. The molecule has 0 saturated heterocycles. The first kappa shape index (κ1) is 12.3. The number of benzene rings is 1. The van der Waals surface area contributed by atoms with Crippen molar-refractivity contribution in [3.63, 3.8) is 0 Å². The molecule has 0 radical (unpaired) electrons. The topological polar surface area (TPSA) is 86.7 Å². The first-order valence-corrected chi connectivity index (χ1v) is 6.92. The van der Waals surface area contributed by atoms with Crippen LogP contribution in [0, 0.1) is 5.92 Å². The van der Waals surface area contributed by atoms with Gasteiger partial charge in [-0.2, -0.15) is 0 Å². The van der Waals surface area contributed by atoms with Crippen molar-refractivity contribution < 1.29 is 0 Å². The zero-order chi connectivity index (χ0) is 13.2. The zero-order valence-corrected chi connectivity index (χ0v) is 10.9. The summed E-state index contributed by atoms with van der Waals surface area (Å²) >= 11 is 0. The number of fused-ring (bicyclic) bond motifs is 1. The highest BCUT2D eigenvalue weighted by atomic mass is 16.1. The Morgan fingerprint density at radius 3 is 2.68 bits per heavy atom. The van der Waals surface area contributed by atoms with Gasteiger partial charge in [-0.05, 0) is 49.8 Å². The van der Waals surface area contributed by atoms with E-state index in [0.717, 1.165) is 36.1 Å². The number of aromatic nitrogens is 2. The van der Waals surface area contributed by atoms with Gasteiger partial charge in [0.15, 0.2) is 0 Å². The van der Waals surface area contributed by atoms with Gasteiger partial charge in [0.2, 0.25) is 0 Å². The average Bonchev–Trinajstić information content (AvgIpc) is 2.77. The summed E-state index contributed by atoms with van der Waals surface area (Å²) in [6, 6.07) is 6.30. The first-order chi connectivity index (χ1) is 9.20. The van der Waals surface area contributed by atoms with Crippen molar-refractivity contribution in [3.8, 4) is 0 Å². The lowest BCUT2D eigenvalue weighted by Crippen LogP contribution is -2.29. The van der Waals surface area contributed by atoms with E-state index in [0.29, 0.717) is 12.0 Å². The van der Waals surface area contributed by atoms with Crippen LogP contribution in [0.15, 0.2) is 23.0 Å². The second-order valence-electron chi connectivity index (χ2n) is 5.50. The molecule has 1 aliphatic rings. The van der Waals surface area contributed by atoms with E-state index in [4.69, 9.17) is 5.73 Å². The van der Waals surface area contributed by atoms with Crippen molar-refractivity contribution in [1.82, 2.24) is 9.97 Å². The van der Waals surface area contributed by atoms with E-state index in [1.54, 1.807) is 0 Å². The van der Waals surface area contributed by atoms with Crippen LogP contribution in [0.25, 0.3) is 11.0 Å². The fourth-order valence-electron chi connectivity index (χ4n) is 2.80. The van der Waals surface area contributed by atoms with Gasteiger partial charge in [-0.3, -0.25) is 0 Å². The molecule has 102 valence electrons. The SMILES string of the molecule is NC1CCC(CNc2ccc3[nH]c(=O)[nH]c3c2)CC1. The molecular weight excluding hydrogens is 240 g/mol. The van der Waals surface area contributed by atoms with E-state index < -0.39 is 0 Å². The van der Waals surface area contributed by atoms with Crippen LogP contribution < -0.4 is 16.7 Å². The number of hydrogen-bond acceptors (Lipinski definition) is 3. The van der Waals surface area contributed by atoms with Crippen molar-refractivity contribution in [2.75, 3.05) is 11.9 Å². The van der Waals surface area contributed by atoms with E-state index in [-0.39, 0.29) is 5.69 Å². The van der Waals surface area contributed by atoms with Crippen molar-refractivity contribution in [3.05, 3.63) is 28.7 Å². The number of nitrogens with two attached hydrogens (primary N) is 1. The molecule has 1 heterocycles. The smallest absolute Gasteiger partial charge is 0.323 e. The summed E-state index contributed by atoms with van der Waals surface area (Å²) in [5, 5.41) is 3.45. The lowest BCUT2D eigenvalue weighted by atomic mass is 9.86. The fourth-order valence-corrected chi connectivity index (χ4v) is 2.80. The molecule has 5 heteroatoms. The highest BCUT2D eigenvalue weighted by Crippen LogP contribution is 2.24. The van der Waals surface area contributed by atoms with Crippen LogP contribution in [0.5, 0.6) is 0 Å². The van der Waals surface area contributed by atoms with Gasteiger partial charge in [0.25, 0.3) is 0 Å². The van der Waals surface area contributed by atoms with Gasteiger partial charge in [-0.1, -0.05) is 0 Å². The van der Waals surface area contributed by atoms with E-state index in [1.807, 2.05) is 18.2 Å². The Kier molecular flexibility index (Phi) is 3.29. The monoisotopic (exact) mass is 260 g/mol.